The number of benzene rings is 3. The van der Waals surface area contributed by atoms with Crippen LogP contribution in [-0.4, -0.2) is 9.97 Å². The number of rotatable bonds is 3. The SMILES string of the molecule is CC(C)(C)c1ccnc(-c2cccc(-c3ccccc3)c2)c1.[Ir].[c-]1ccccc1-c1ccccn1. The van der Waals surface area contributed by atoms with Gasteiger partial charge in [0.05, 0.1) is 5.69 Å². The summed E-state index contributed by atoms with van der Waals surface area (Å²) in [6.07, 6.45) is 3.70. The van der Waals surface area contributed by atoms with Crippen molar-refractivity contribution in [2.75, 3.05) is 0 Å². The minimum absolute atomic E-state index is 0. The van der Waals surface area contributed by atoms with Crippen molar-refractivity contribution >= 4 is 0 Å². The van der Waals surface area contributed by atoms with E-state index in [1.807, 2.05) is 54.7 Å². The number of hydrogen-bond acceptors (Lipinski definition) is 2. The summed E-state index contributed by atoms with van der Waals surface area (Å²) in [6.45, 7) is 6.69. The van der Waals surface area contributed by atoms with Crippen LogP contribution in [0.5, 0.6) is 0 Å². The number of aromatic nitrogens is 2. The maximum Gasteiger partial charge on any atom is 0.0705 e. The monoisotopic (exact) mass is 634 g/mol. The normalized spacial score (nSPS) is 10.5. The Morgan fingerprint density at radius 1 is 0.571 bits per heavy atom. The number of hydrogen-bond donors (Lipinski definition) is 0. The summed E-state index contributed by atoms with van der Waals surface area (Å²) in [6, 6.07) is 40.2. The van der Waals surface area contributed by atoms with Gasteiger partial charge in [-0.15, -0.1) is 35.9 Å². The minimum Gasteiger partial charge on any atom is -0.305 e. The van der Waals surface area contributed by atoms with Gasteiger partial charge in [0.2, 0.25) is 0 Å². The molecular weight excluding hydrogens is 605 g/mol. The molecule has 0 fully saturated rings. The second-order valence-electron chi connectivity index (χ2n) is 9.12. The molecule has 2 nitrogen and oxygen atoms in total. The van der Waals surface area contributed by atoms with Crippen molar-refractivity contribution in [2.24, 2.45) is 0 Å². The molecule has 0 aliphatic rings. The van der Waals surface area contributed by atoms with Crippen LogP contribution in [-0.2, 0) is 25.5 Å². The van der Waals surface area contributed by atoms with Crippen LogP contribution in [0.1, 0.15) is 26.3 Å². The first-order chi connectivity index (χ1) is 16.5. The molecule has 2 heterocycles. The molecule has 0 unspecified atom stereocenters. The predicted molar refractivity (Wildman–Crippen MR) is 142 cm³/mol. The van der Waals surface area contributed by atoms with Gasteiger partial charge in [-0.1, -0.05) is 81.4 Å². The van der Waals surface area contributed by atoms with Crippen molar-refractivity contribution < 1.29 is 20.1 Å². The van der Waals surface area contributed by atoms with Crippen LogP contribution >= 0.6 is 0 Å². The first-order valence-corrected chi connectivity index (χ1v) is 11.5. The molecule has 5 rings (SSSR count). The van der Waals surface area contributed by atoms with Crippen molar-refractivity contribution in [3.63, 3.8) is 0 Å². The van der Waals surface area contributed by atoms with E-state index in [-0.39, 0.29) is 25.5 Å². The molecule has 0 bridgehead atoms. The van der Waals surface area contributed by atoms with Gasteiger partial charge in [-0.2, -0.15) is 0 Å². The molecule has 0 N–H and O–H groups in total. The summed E-state index contributed by atoms with van der Waals surface area (Å²) in [5.41, 5.74) is 8.10. The molecule has 5 aromatic rings. The zero-order valence-electron chi connectivity index (χ0n) is 20.3. The second kappa shape index (κ2) is 12.4. The molecule has 3 heteroatoms. The van der Waals surface area contributed by atoms with E-state index in [1.54, 1.807) is 6.20 Å². The van der Waals surface area contributed by atoms with E-state index in [4.69, 9.17) is 0 Å². The topological polar surface area (TPSA) is 25.8 Å². The summed E-state index contributed by atoms with van der Waals surface area (Å²) in [5, 5.41) is 0. The summed E-state index contributed by atoms with van der Waals surface area (Å²) >= 11 is 0. The van der Waals surface area contributed by atoms with E-state index < -0.39 is 0 Å². The fraction of sp³-hybridized carbons (Fsp3) is 0.125. The number of pyridine rings is 2. The van der Waals surface area contributed by atoms with Crippen LogP contribution in [0, 0.1) is 6.07 Å². The van der Waals surface area contributed by atoms with Gasteiger partial charge in [0.15, 0.2) is 0 Å². The van der Waals surface area contributed by atoms with Crippen LogP contribution < -0.4 is 0 Å². The standard InChI is InChI=1S/C21H21N.C11H8N.Ir/c1-21(2,3)19-12-13-22-20(15-19)18-11-7-10-17(14-18)16-8-5-4-6-9-16;1-2-6-10(7-3-1)11-8-4-5-9-12-11;/h4-15H,1-3H3;1-6,8-9H;/q;-1;. The molecule has 1 radical (unpaired) electrons. The van der Waals surface area contributed by atoms with Gasteiger partial charge in [-0.3, -0.25) is 4.98 Å². The van der Waals surface area contributed by atoms with Crippen LogP contribution in [0.2, 0.25) is 0 Å². The van der Waals surface area contributed by atoms with E-state index in [9.17, 15) is 0 Å². The van der Waals surface area contributed by atoms with E-state index in [2.05, 4.69) is 97.5 Å². The molecule has 177 valence electrons. The minimum atomic E-state index is 0. The van der Waals surface area contributed by atoms with Gasteiger partial charge >= 0.3 is 0 Å². The Kier molecular flexibility index (Phi) is 9.25. The van der Waals surface area contributed by atoms with Gasteiger partial charge < -0.3 is 4.98 Å². The fourth-order valence-corrected chi connectivity index (χ4v) is 3.62. The van der Waals surface area contributed by atoms with E-state index in [1.165, 1.54) is 16.7 Å². The van der Waals surface area contributed by atoms with Crippen LogP contribution in [0.4, 0.5) is 0 Å². The fourth-order valence-electron chi connectivity index (χ4n) is 3.62. The van der Waals surface area contributed by atoms with E-state index in [0.717, 1.165) is 22.5 Å². The third-order valence-corrected chi connectivity index (χ3v) is 5.54. The molecule has 35 heavy (non-hydrogen) atoms. The molecular formula is C32H29IrN2-. The van der Waals surface area contributed by atoms with Crippen molar-refractivity contribution in [3.8, 4) is 33.6 Å². The molecule has 0 aliphatic heterocycles. The van der Waals surface area contributed by atoms with Crippen LogP contribution in [0.3, 0.4) is 0 Å². The molecule has 0 spiro atoms. The predicted octanol–water partition coefficient (Wildman–Crippen LogP) is 8.26. The molecule has 0 saturated heterocycles. The summed E-state index contributed by atoms with van der Waals surface area (Å²) in [7, 11) is 0. The summed E-state index contributed by atoms with van der Waals surface area (Å²) < 4.78 is 0. The third-order valence-electron chi connectivity index (χ3n) is 5.54. The smallest absolute Gasteiger partial charge is 0.0705 e. The average Bonchev–Trinajstić information content (AvgIpc) is 2.90. The molecule has 0 saturated carbocycles. The molecule has 2 aromatic heterocycles. The Morgan fingerprint density at radius 2 is 1.26 bits per heavy atom. The Labute approximate surface area is 222 Å². The van der Waals surface area contributed by atoms with Gasteiger partial charge in [-0.25, -0.2) is 0 Å². The Balaban J connectivity index is 0.000000223. The van der Waals surface area contributed by atoms with Crippen molar-refractivity contribution in [2.45, 2.75) is 26.2 Å². The molecule has 0 aliphatic carbocycles. The third kappa shape index (κ3) is 7.29. The van der Waals surface area contributed by atoms with Crippen LogP contribution in [0.15, 0.2) is 122 Å². The van der Waals surface area contributed by atoms with E-state index >= 15 is 0 Å². The maximum atomic E-state index is 4.56. The number of nitrogens with zero attached hydrogens (tertiary/aromatic N) is 2. The first-order valence-electron chi connectivity index (χ1n) is 11.5. The molecule has 0 amide bonds. The van der Waals surface area contributed by atoms with Crippen molar-refractivity contribution in [1.82, 2.24) is 9.97 Å². The van der Waals surface area contributed by atoms with Gasteiger partial charge in [0, 0.05) is 38.1 Å². The van der Waals surface area contributed by atoms with Gasteiger partial charge in [0.1, 0.15) is 0 Å². The zero-order chi connectivity index (χ0) is 23.8. The Morgan fingerprint density at radius 3 is 1.94 bits per heavy atom. The largest absolute Gasteiger partial charge is 0.305 e. The summed E-state index contributed by atoms with van der Waals surface area (Å²) in [4.78, 5) is 8.78. The van der Waals surface area contributed by atoms with Gasteiger partial charge in [0.25, 0.3) is 0 Å². The van der Waals surface area contributed by atoms with E-state index in [0.29, 0.717) is 0 Å². The quantitative estimate of drug-likeness (QED) is 0.187. The van der Waals surface area contributed by atoms with Crippen molar-refractivity contribution in [1.29, 1.82) is 0 Å². The van der Waals surface area contributed by atoms with Crippen LogP contribution in [0.25, 0.3) is 33.6 Å². The Hall–Kier alpha value is -3.39. The molecule has 3 aromatic carbocycles. The van der Waals surface area contributed by atoms with Gasteiger partial charge in [-0.05, 0) is 52.1 Å². The average molecular weight is 634 g/mol. The van der Waals surface area contributed by atoms with Crippen molar-refractivity contribution in [3.05, 3.63) is 133 Å². The summed E-state index contributed by atoms with van der Waals surface area (Å²) in [5.74, 6) is 0. The zero-order valence-corrected chi connectivity index (χ0v) is 22.7. The Bertz CT molecular complexity index is 1270. The molecule has 0 atom stereocenters. The first kappa shape index (κ1) is 26.2. The maximum absolute atomic E-state index is 4.56. The second-order valence-corrected chi connectivity index (χ2v) is 9.12.